The number of carbonyl (C=O) groups excluding carboxylic acids is 2. The summed E-state index contributed by atoms with van der Waals surface area (Å²) in [6.07, 6.45) is 0. The molecule has 1 aromatic heterocycles. The van der Waals surface area contributed by atoms with Crippen LogP contribution in [0.5, 0.6) is 0 Å². The van der Waals surface area contributed by atoms with Crippen molar-refractivity contribution < 1.29 is 14.3 Å². The normalized spacial score (nSPS) is 11.6. The third-order valence-electron chi connectivity index (χ3n) is 3.30. The molecule has 2 aromatic rings. The van der Waals surface area contributed by atoms with Crippen LogP contribution in [-0.2, 0) is 9.53 Å². The van der Waals surface area contributed by atoms with Gasteiger partial charge in [-0.25, -0.2) is 4.79 Å². The highest BCUT2D eigenvalue weighted by Crippen LogP contribution is 2.18. The summed E-state index contributed by atoms with van der Waals surface area (Å²) in [4.78, 5) is 28.0. The molecule has 0 aliphatic rings. The molecule has 2 rings (SSSR count). The fourth-order valence-corrected chi connectivity index (χ4v) is 2.08. The van der Waals surface area contributed by atoms with Crippen LogP contribution >= 0.6 is 0 Å². The molecular formula is C17H18N2O3. The van der Waals surface area contributed by atoms with Gasteiger partial charge in [0, 0.05) is 5.56 Å². The SMILES string of the molecule is COC(=O)[C@H](C)NC(=O)c1ccc(-c2ccccc2)nc1C. The van der Waals surface area contributed by atoms with Crippen LogP contribution < -0.4 is 5.32 Å². The van der Waals surface area contributed by atoms with Crippen molar-refractivity contribution in [1.29, 1.82) is 0 Å². The fourth-order valence-electron chi connectivity index (χ4n) is 2.08. The molecule has 0 bridgehead atoms. The number of methoxy groups -OCH3 is 1. The van der Waals surface area contributed by atoms with Crippen LogP contribution in [0.3, 0.4) is 0 Å². The average molecular weight is 298 g/mol. The van der Waals surface area contributed by atoms with Crippen molar-refractivity contribution in [3.05, 3.63) is 53.7 Å². The molecule has 1 heterocycles. The summed E-state index contributed by atoms with van der Waals surface area (Å²) in [7, 11) is 1.28. The van der Waals surface area contributed by atoms with Gasteiger partial charge in [0.15, 0.2) is 0 Å². The van der Waals surface area contributed by atoms with Gasteiger partial charge in [-0.15, -0.1) is 0 Å². The molecular weight excluding hydrogens is 280 g/mol. The maximum atomic E-state index is 12.2. The van der Waals surface area contributed by atoms with E-state index in [1.807, 2.05) is 30.3 Å². The van der Waals surface area contributed by atoms with Crippen molar-refractivity contribution in [1.82, 2.24) is 10.3 Å². The first-order chi connectivity index (χ1) is 10.5. The predicted molar refractivity (Wildman–Crippen MR) is 83.4 cm³/mol. The van der Waals surface area contributed by atoms with Crippen LogP contribution in [0.25, 0.3) is 11.3 Å². The molecule has 0 aliphatic carbocycles. The number of ether oxygens (including phenoxy) is 1. The molecule has 22 heavy (non-hydrogen) atoms. The maximum absolute atomic E-state index is 12.2. The molecule has 0 unspecified atom stereocenters. The number of carbonyl (C=O) groups is 2. The van der Waals surface area contributed by atoms with Crippen molar-refractivity contribution in [3.63, 3.8) is 0 Å². The highest BCUT2D eigenvalue weighted by Gasteiger charge is 2.18. The Morgan fingerprint density at radius 1 is 1.14 bits per heavy atom. The molecule has 0 saturated carbocycles. The number of nitrogens with one attached hydrogen (secondary N) is 1. The number of amides is 1. The second-order valence-electron chi connectivity index (χ2n) is 4.91. The van der Waals surface area contributed by atoms with Crippen molar-refractivity contribution in [2.75, 3.05) is 7.11 Å². The molecule has 0 fully saturated rings. The molecule has 0 aliphatic heterocycles. The van der Waals surface area contributed by atoms with Crippen LogP contribution in [0.15, 0.2) is 42.5 Å². The van der Waals surface area contributed by atoms with Gasteiger partial charge in [-0.3, -0.25) is 9.78 Å². The summed E-state index contributed by atoms with van der Waals surface area (Å²) in [6, 6.07) is 12.5. The molecule has 1 N–H and O–H groups in total. The van der Waals surface area contributed by atoms with Gasteiger partial charge in [-0.2, -0.15) is 0 Å². The summed E-state index contributed by atoms with van der Waals surface area (Å²) in [6.45, 7) is 3.34. The Morgan fingerprint density at radius 2 is 1.82 bits per heavy atom. The number of hydrogen-bond acceptors (Lipinski definition) is 4. The van der Waals surface area contributed by atoms with E-state index in [0.29, 0.717) is 11.3 Å². The highest BCUT2D eigenvalue weighted by molar-refractivity contribution is 5.97. The second kappa shape index (κ2) is 6.85. The molecule has 1 aromatic carbocycles. The number of nitrogens with zero attached hydrogens (tertiary/aromatic N) is 1. The Labute approximate surface area is 129 Å². The number of hydrogen-bond donors (Lipinski definition) is 1. The standard InChI is InChI=1S/C17H18N2O3/c1-11-14(16(20)19-12(2)17(21)22-3)9-10-15(18-11)13-7-5-4-6-8-13/h4-10,12H,1-3H3,(H,19,20)/t12-/m0/s1. The number of pyridine rings is 1. The quantitative estimate of drug-likeness (QED) is 0.880. The van der Waals surface area contributed by atoms with Crippen LogP contribution in [0.2, 0.25) is 0 Å². The molecule has 1 amide bonds. The summed E-state index contributed by atoms with van der Waals surface area (Å²) in [5, 5.41) is 2.59. The third kappa shape index (κ3) is 3.49. The monoisotopic (exact) mass is 298 g/mol. The first-order valence-corrected chi connectivity index (χ1v) is 6.94. The lowest BCUT2D eigenvalue weighted by Gasteiger charge is -2.13. The number of aromatic nitrogens is 1. The van der Waals surface area contributed by atoms with E-state index in [4.69, 9.17) is 0 Å². The number of rotatable bonds is 4. The van der Waals surface area contributed by atoms with Gasteiger partial charge in [0.2, 0.25) is 0 Å². The summed E-state index contributed by atoms with van der Waals surface area (Å²) in [5.74, 6) is -0.831. The predicted octanol–water partition coefficient (Wildman–Crippen LogP) is 2.35. The summed E-state index contributed by atoms with van der Waals surface area (Å²) in [5.41, 5.74) is 2.84. The van der Waals surface area contributed by atoms with Gasteiger partial charge in [0.1, 0.15) is 6.04 Å². The van der Waals surface area contributed by atoms with Crippen LogP contribution in [-0.4, -0.2) is 30.0 Å². The smallest absolute Gasteiger partial charge is 0.328 e. The van der Waals surface area contributed by atoms with E-state index >= 15 is 0 Å². The fraction of sp³-hybridized carbons (Fsp3) is 0.235. The third-order valence-corrected chi connectivity index (χ3v) is 3.30. The first kappa shape index (κ1) is 15.7. The van der Waals surface area contributed by atoms with Gasteiger partial charge in [0.25, 0.3) is 5.91 Å². The number of benzene rings is 1. The Bertz CT molecular complexity index is 684. The van der Waals surface area contributed by atoms with Crippen LogP contribution in [0.1, 0.15) is 23.0 Å². The van der Waals surface area contributed by atoms with E-state index in [0.717, 1.165) is 11.3 Å². The Hall–Kier alpha value is -2.69. The van der Waals surface area contributed by atoms with E-state index in [1.165, 1.54) is 7.11 Å². The first-order valence-electron chi connectivity index (χ1n) is 6.94. The van der Waals surface area contributed by atoms with Gasteiger partial charge in [-0.05, 0) is 26.0 Å². The second-order valence-corrected chi connectivity index (χ2v) is 4.91. The van der Waals surface area contributed by atoms with E-state index < -0.39 is 12.0 Å². The van der Waals surface area contributed by atoms with Gasteiger partial charge in [-0.1, -0.05) is 30.3 Å². The van der Waals surface area contributed by atoms with Crippen molar-refractivity contribution >= 4 is 11.9 Å². The van der Waals surface area contributed by atoms with E-state index in [-0.39, 0.29) is 5.91 Å². The molecule has 114 valence electrons. The molecule has 0 saturated heterocycles. The minimum atomic E-state index is -0.703. The lowest BCUT2D eigenvalue weighted by atomic mass is 10.1. The van der Waals surface area contributed by atoms with Crippen molar-refractivity contribution in [3.8, 4) is 11.3 Å². The summed E-state index contributed by atoms with van der Waals surface area (Å²) >= 11 is 0. The minimum absolute atomic E-state index is 0.345. The lowest BCUT2D eigenvalue weighted by molar-refractivity contribution is -0.142. The van der Waals surface area contributed by atoms with Crippen LogP contribution in [0, 0.1) is 6.92 Å². The molecule has 0 radical (unpaired) electrons. The minimum Gasteiger partial charge on any atom is -0.467 e. The molecule has 1 atom stereocenters. The Kier molecular flexibility index (Phi) is 4.88. The largest absolute Gasteiger partial charge is 0.467 e. The molecule has 0 spiro atoms. The maximum Gasteiger partial charge on any atom is 0.328 e. The van der Waals surface area contributed by atoms with Crippen molar-refractivity contribution in [2.24, 2.45) is 0 Å². The zero-order valence-corrected chi connectivity index (χ0v) is 12.8. The van der Waals surface area contributed by atoms with Gasteiger partial charge < -0.3 is 10.1 Å². The number of esters is 1. The lowest BCUT2D eigenvalue weighted by Crippen LogP contribution is -2.39. The topological polar surface area (TPSA) is 68.3 Å². The van der Waals surface area contributed by atoms with E-state index in [1.54, 1.807) is 26.0 Å². The molecule has 5 heteroatoms. The summed E-state index contributed by atoms with van der Waals surface area (Å²) < 4.78 is 4.59. The van der Waals surface area contributed by atoms with Gasteiger partial charge in [0.05, 0.1) is 24.1 Å². The van der Waals surface area contributed by atoms with E-state index in [2.05, 4.69) is 15.0 Å². The Morgan fingerprint density at radius 3 is 2.41 bits per heavy atom. The zero-order chi connectivity index (χ0) is 16.1. The van der Waals surface area contributed by atoms with E-state index in [9.17, 15) is 9.59 Å². The van der Waals surface area contributed by atoms with Crippen molar-refractivity contribution in [2.45, 2.75) is 19.9 Å². The molecule has 5 nitrogen and oxygen atoms in total. The zero-order valence-electron chi connectivity index (χ0n) is 12.8. The van der Waals surface area contributed by atoms with Crippen LogP contribution in [0.4, 0.5) is 0 Å². The van der Waals surface area contributed by atoms with Gasteiger partial charge >= 0.3 is 5.97 Å². The average Bonchev–Trinajstić information content (AvgIpc) is 2.54. The Balaban J connectivity index is 2.20. The highest BCUT2D eigenvalue weighted by atomic mass is 16.5. The number of aryl methyl sites for hydroxylation is 1.